The first kappa shape index (κ1) is 16.7. The quantitative estimate of drug-likeness (QED) is 0.887. The molecule has 2 aromatic carbocycles. The van der Waals surface area contributed by atoms with Crippen molar-refractivity contribution in [3.05, 3.63) is 47.5 Å². The minimum absolute atomic E-state index is 0.156. The number of hydrogen-bond acceptors (Lipinski definition) is 5. The van der Waals surface area contributed by atoms with Crippen LogP contribution in [0.3, 0.4) is 0 Å². The molecular formula is C20H23N3O3. The third kappa shape index (κ3) is 3.46. The summed E-state index contributed by atoms with van der Waals surface area (Å²) in [6.45, 7) is 7.14. The topological polar surface area (TPSA) is 62.8 Å². The van der Waals surface area contributed by atoms with Gasteiger partial charge in [0.2, 0.25) is 0 Å². The molecule has 2 N–H and O–H groups in total. The molecule has 0 atom stereocenters. The number of piperazine rings is 1. The molecule has 2 aliphatic heterocycles. The number of anilines is 2. The highest BCUT2D eigenvalue weighted by atomic mass is 16.6. The Balaban J connectivity index is 1.48. The normalized spacial score (nSPS) is 16.3. The van der Waals surface area contributed by atoms with Crippen LogP contribution in [0.2, 0.25) is 0 Å². The highest BCUT2D eigenvalue weighted by molar-refractivity contribution is 6.04. The van der Waals surface area contributed by atoms with E-state index < -0.39 is 0 Å². The van der Waals surface area contributed by atoms with Crippen molar-refractivity contribution in [2.75, 3.05) is 49.6 Å². The molecule has 0 radical (unpaired) electrons. The number of hydrogen-bond donors (Lipinski definition) is 2. The number of carbonyl (C=O) groups excluding carboxylic acids is 1. The standard InChI is InChI=1S/C20H23N3O3/c1-14-12-16(3-4-17(14)23-8-6-21-7-9-23)22-20(24)15-2-5-18-19(13-15)26-11-10-25-18/h2-5,12-13,21H,6-11H2,1H3,(H,22,24). The fourth-order valence-corrected chi connectivity index (χ4v) is 3.38. The molecule has 0 spiro atoms. The van der Waals surface area contributed by atoms with Gasteiger partial charge in [-0.15, -0.1) is 0 Å². The first-order chi connectivity index (χ1) is 12.7. The molecule has 0 unspecified atom stereocenters. The Hall–Kier alpha value is -2.73. The third-order valence-electron chi connectivity index (χ3n) is 4.72. The molecule has 2 heterocycles. The first-order valence-corrected chi connectivity index (χ1v) is 8.98. The molecule has 136 valence electrons. The Bertz CT molecular complexity index is 816. The molecular weight excluding hydrogens is 330 g/mol. The van der Waals surface area contributed by atoms with Crippen LogP contribution >= 0.6 is 0 Å². The summed E-state index contributed by atoms with van der Waals surface area (Å²) in [4.78, 5) is 14.9. The maximum absolute atomic E-state index is 12.6. The zero-order chi connectivity index (χ0) is 17.9. The van der Waals surface area contributed by atoms with Crippen LogP contribution in [0.25, 0.3) is 0 Å². The number of amides is 1. The number of rotatable bonds is 3. The zero-order valence-corrected chi connectivity index (χ0v) is 14.9. The molecule has 6 heteroatoms. The summed E-state index contributed by atoms with van der Waals surface area (Å²) in [7, 11) is 0. The molecule has 1 fully saturated rings. The van der Waals surface area contributed by atoms with Crippen molar-refractivity contribution in [1.82, 2.24) is 5.32 Å². The molecule has 0 aromatic heterocycles. The van der Waals surface area contributed by atoms with Gasteiger partial charge in [0, 0.05) is 43.1 Å². The minimum Gasteiger partial charge on any atom is -0.486 e. The lowest BCUT2D eigenvalue weighted by Crippen LogP contribution is -2.43. The van der Waals surface area contributed by atoms with Crippen molar-refractivity contribution < 1.29 is 14.3 Å². The van der Waals surface area contributed by atoms with Crippen molar-refractivity contribution in [3.63, 3.8) is 0 Å². The lowest BCUT2D eigenvalue weighted by atomic mass is 10.1. The summed E-state index contributed by atoms with van der Waals surface area (Å²) in [5, 5.41) is 6.33. The Morgan fingerprint density at radius 3 is 2.58 bits per heavy atom. The molecule has 2 aromatic rings. The summed E-state index contributed by atoms with van der Waals surface area (Å²) in [6, 6.07) is 11.3. The van der Waals surface area contributed by atoms with Gasteiger partial charge in [-0.05, 0) is 48.9 Å². The van der Waals surface area contributed by atoms with E-state index in [0.29, 0.717) is 30.3 Å². The monoisotopic (exact) mass is 353 g/mol. The van der Waals surface area contributed by atoms with Crippen LogP contribution in [0.5, 0.6) is 11.5 Å². The fraction of sp³-hybridized carbons (Fsp3) is 0.350. The van der Waals surface area contributed by atoms with Crippen molar-refractivity contribution in [2.24, 2.45) is 0 Å². The maximum atomic E-state index is 12.6. The van der Waals surface area contributed by atoms with Crippen LogP contribution in [-0.4, -0.2) is 45.3 Å². The lowest BCUT2D eigenvalue weighted by Gasteiger charge is -2.30. The van der Waals surface area contributed by atoms with Crippen LogP contribution in [0.1, 0.15) is 15.9 Å². The Labute approximate surface area is 153 Å². The van der Waals surface area contributed by atoms with Gasteiger partial charge >= 0.3 is 0 Å². The van der Waals surface area contributed by atoms with E-state index in [1.165, 1.54) is 5.69 Å². The van der Waals surface area contributed by atoms with Gasteiger partial charge in [-0.3, -0.25) is 4.79 Å². The highest BCUT2D eigenvalue weighted by Crippen LogP contribution is 2.31. The van der Waals surface area contributed by atoms with E-state index in [4.69, 9.17) is 9.47 Å². The largest absolute Gasteiger partial charge is 0.486 e. The van der Waals surface area contributed by atoms with Gasteiger partial charge in [0.1, 0.15) is 13.2 Å². The van der Waals surface area contributed by atoms with Gasteiger partial charge in [0.05, 0.1) is 0 Å². The second-order valence-electron chi connectivity index (χ2n) is 6.55. The van der Waals surface area contributed by atoms with Crippen molar-refractivity contribution in [2.45, 2.75) is 6.92 Å². The van der Waals surface area contributed by atoms with Gasteiger partial charge in [-0.1, -0.05) is 0 Å². The van der Waals surface area contributed by atoms with E-state index in [-0.39, 0.29) is 5.91 Å². The molecule has 0 bridgehead atoms. The molecule has 4 rings (SSSR count). The average molecular weight is 353 g/mol. The van der Waals surface area contributed by atoms with E-state index in [1.54, 1.807) is 18.2 Å². The number of ether oxygens (including phenoxy) is 2. The average Bonchev–Trinajstić information content (AvgIpc) is 2.68. The Morgan fingerprint density at radius 2 is 1.81 bits per heavy atom. The van der Waals surface area contributed by atoms with Crippen LogP contribution in [0, 0.1) is 6.92 Å². The molecule has 0 saturated carbocycles. The lowest BCUT2D eigenvalue weighted by molar-refractivity contribution is 0.102. The van der Waals surface area contributed by atoms with E-state index in [9.17, 15) is 4.79 Å². The van der Waals surface area contributed by atoms with Gasteiger partial charge < -0.3 is 25.0 Å². The van der Waals surface area contributed by atoms with Crippen molar-refractivity contribution in [3.8, 4) is 11.5 Å². The van der Waals surface area contributed by atoms with Gasteiger partial charge in [-0.2, -0.15) is 0 Å². The predicted molar refractivity (Wildman–Crippen MR) is 102 cm³/mol. The van der Waals surface area contributed by atoms with E-state index in [1.807, 2.05) is 12.1 Å². The molecule has 1 saturated heterocycles. The van der Waals surface area contributed by atoms with Crippen LogP contribution < -0.4 is 25.0 Å². The van der Waals surface area contributed by atoms with Crippen LogP contribution in [0.15, 0.2) is 36.4 Å². The molecule has 26 heavy (non-hydrogen) atoms. The van der Waals surface area contributed by atoms with Gasteiger partial charge in [0.25, 0.3) is 5.91 Å². The summed E-state index contributed by atoms with van der Waals surface area (Å²) in [5.41, 5.74) is 3.73. The number of fused-ring (bicyclic) bond motifs is 1. The second kappa shape index (κ2) is 7.25. The van der Waals surface area contributed by atoms with Gasteiger partial charge in [0.15, 0.2) is 11.5 Å². The molecule has 1 amide bonds. The number of aryl methyl sites for hydroxylation is 1. The smallest absolute Gasteiger partial charge is 0.255 e. The van der Waals surface area contributed by atoms with E-state index in [0.717, 1.165) is 37.4 Å². The minimum atomic E-state index is -0.156. The first-order valence-electron chi connectivity index (χ1n) is 8.98. The van der Waals surface area contributed by atoms with Crippen LogP contribution in [-0.2, 0) is 0 Å². The van der Waals surface area contributed by atoms with E-state index in [2.05, 4.69) is 28.5 Å². The SMILES string of the molecule is Cc1cc(NC(=O)c2ccc3c(c2)OCCO3)ccc1N1CCNCC1. The number of nitrogens with one attached hydrogen (secondary N) is 2. The number of nitrogens with zero attached hydrogens (tertiary/aromatic N) is 1. The van der Waals surface area contributed by atoms with Crippen LogP contribution in [0.4, 0.5) is 11.4 Å². The predicted octanol–water partition coefficient (Wildman–Crippen LogP) is 2.43. The Kier molecular flexibility index (Phi) is 4.67. The fourth-order valence-electron chi connectivity index (χ4n) is 3.38. The number of benzene rings is 2. The summed E-state index contributed by atoms with van der Waals surface area (Å²) in [5.74, 6) is 1.15. The molecule has 6 nitrogen and oxygen atoms in total. The zero-order valence-electron chi connectivity index (χ0n) is 14.9. The highest BCUT2D eigenvalue weighted by Gasteiger charge is 2.16. The van der Waals surface area contributed by atoms with Crippen molar-refractivity contribution >= 4 is 17.3 Å². The number of carbonyl (C=O) groups is 1. The maximum Gasteiger partial charge on any atom is 0.255 e. The summed E-state index contributed by atoms with van der Waals surface area (Å²) >= 11 is 0. The Morgan fingerprint density at radius 1 is 1.04 bits per heavy atom. The third-order valence-corrected chi connectivity index (χ3v) is 4.72. The van der Waals surface area contributed by atoms with Gasteiger partial charge in [-0.25, -0.2) is 0 Å². The molecule has 2 aliphatic rings. The van der Waals surface area contributed by atoms with E-state index >= 15 is 0 Å². The molecule has 0 aliphatic carbocycles. The second-order valence-corrected chi connectivity index (χ2v) is 6.55. The summed E-state index contributed by atoms with van der Waals surface area (Å²) in [6.07, 6.45) is 0. The van der Waals surface area contributed by atoms with Crippen molar-refractivity contribution in [1.29, 1.82) is 0 Å². The summed E-state index contributed by atoms with van der Waals surface area (Å²) < 4.78 is 11.0.